The molecule has 0 atom stereocenters. The van der Waals surface area contributed by atoms with Crippen molar-refractivity contribution in [2.45, 2.75) is 12.8 Å². The van der Waals surface area contributed by atoms with Gasteiger partial charge in [-0.15, -0.1) is 0 Å². The maximum atomic E-state index is 12.0. The van der Waals surface area contributed by atoms with Gasteiger partial charge < -0.3 is 24.6 Å². The third-order valence-corrected chi connectivity index (χ3v) is 6.07. The van der Waals surface area contributed by atoms with Gasteiger partial charge in [0.15, 0.2) is 6.61 Å². The van der Waals surface area contributed by atoms with Crippen molar-refractivity contribution < 1.29 is 19.1 Å². The van der Waals surface area contributed by atoms with Gasteiger partial charge >= 0.3 is 5.97 Å². The van der Waals surface area contributed by atoms with Crippen LogP contribution in [0.5, 0.6) is 0 Å². The van der Waals surface area contributed by atoms with Crippen molar-refractivity contribution in [3.63, 3.8) is 0 Å². The number of nitrogens with one attached hydrogen (secondary N) is 1. The third-order valence-electron chi connectivity index (χ3n) is 4.57. The van der Waals surface area contributed by atoms with Crippen molar-refractivity contribution in [1.29, 1.82) is 0 Å². The number of rotatable bonds is 6. The Morgan fingerprint density at radius 3 is 2.46 bits per heavy atom. The number of esters is 1. The van der Waals surface area contributed by atoms with E-state index in [1.807, 2.05) is 24.3 Å². The SMILES string of the molecule is O=C(COC(=O)CSC(=S)N1CCCC1)Nc1ccc(N2CCOCC2)cc1. The summed E-state index contributed by atoms with van der Waals surface area (Å²) in [5.41, 5.74) is 1.77. The maximum Gasteiger partial charge on any atom is 0.316 e. The van der Waals surface area contributed by atoms with Crippen LogP contribution in [0, 0.1) is 0 Å². The number of hydrogen-bond acceptors (Lipinski definition) is 7. The Hall–Kier alpha value is -1.84. The first-order valence-corrected chi connectivity index (χ1v) is 10.8. The first kappa shape index (κ1) is 20.9. The molecule has 1 aromatic carbocycles. The van der Waals surface area contributed by atoms with Gasteiger partial charge in [-0.1, -0.05) is 24.0 Å². The fraction of sp³-hybridized carbons (Fsp3) is 0.526. The van der Waals surface area contributed by atoms with E-state index >= 15 is 0 Å². The number of likely N-dealkylation sites (tertiary alicyclic amines) is 1. The number of nitrogens with zero attached hydrogens (tertiary/aromatic N) is 2. The molecule has 3 rings (SSSR count). The van der Waals surface area contributed by atoms with Gasteiger partial charge in [0.05, 0.1) is 19.0 Å². The van der Waals surface area contributed by atoms with E-state index in [0.717, 1.165) is 62.2 Å². The number of ether oxygens (including phenoxy) is 2. The highest BCUT2D eigenvalue weighted by Gasteiger charge is 2.17. The fourth-order valence-corrected chi connectivity index (χ4v) is 4.12. The van der Waals surface area contributed by atoms with Gasteiger partial charge in [0, 0.05) is 37.6 Å². The van der Waals surface area contributed by atoms with Gasteiger partial charge in [-0.3, -0.25) is 9.59 Å². The lowest BCUT2D eigenvalue weighted by Crippen LogP contribution is -2.36. The Balaban J connectivity index is 1.35. The standard InChI is InChI=1S/C19H25N3O4S2/c23-17(13-26-18(24)14-28-19(27)22-7-1-2-8-22)20-15-3-5-16(6-4-15)21-9-11-25-12-10-21/h3-6H,1-2,7-14H2,(H,20,23). The predicted octanol–water partition coefficient (Wildman–Crippen LogP) is 2.12. The molecule has 28 heavy (non-hydrogen) atoms. The van der Waals surface area contributed by atoms with Crippen LogP contribution in [0.2, 0.25) is 0 Å². The summed E-state index contributed by atoms with van der Waals surface area (Å²) < 4.78 is 11.1. The molecule has 7 nitrogen and oxygen atoms in total. The van der Waals surface area contributed by atoms with Crippen LogP contribution >= 0.6 is 24.0 Å². The van der Waals surface area contributed by atoms with Gasteiger partial charge in [0.1, 0.15) is 4.32 Å². The van der Waals surface area contributed by atoms with Crippen molar-refractivity contribution in [2.24, 2.45) is 0 Å². The third kappa shape index (κ3) is 6.35. The highest BCUT2D eigenvalue weighted by atomic mass is 32.2. The zero-order chi connectivity index (χ0) is 19.8. The Morgan fingerprint density at radius 2 is 1.79 bits per heavy atom. The predicted molar refractivity (Wildman–Crippen MR) is 115 cm³/mol. The van der Waals surface area contributed by atoms with Crippen LogP contribution in [0.1, 0.15) is 12.8 Å². The maximum absolute atomic E-state index is 12.0. The summed E-state index contributed by atoms with van der Waals surface area (Å²) in [6.07, 6.45) is 2.28. The Morgan fingerprint density at radius 1 is 1.11 bits per heavy atom. The van der Waals surface area contributed by atoms with E-state index in [9.17, 15) is 9.59 Å². The van der Waals surface area contributed by atoms with Gasteiger partial charge in [-0.2, -0.15) is 0 Å². The highest BCUT2D eigenvalue weighted by Crippen LogP contribution is 2.19. The number of carbonyl (C=O) groups is 2. The van der Waals surface area contributed by atoms with Crippen LogP contribution in [-0.2, 0) is 19.1 Å². The average Bonchev–Trinajstić information content (AvgIpc) is 3.27. The lowest BCUT2D eigenvalue weighted by molar-refractivity contribution is -0.144. The number of amides is 1. The largest absolute Gasteiger partial charge is 0.455 e. The molecule has 2 fully saturated rings. The zero-order valence-corrected chi connectivity index (χ0v) is 17.4. The van der Waals surface area contributed by atoms with E-state index in [0.29, 0.717) is 5.69 Å². The zero-order valence-electron chi connectivity index (χ0n) is 15.7. The summed E-state index contributed by atoms with van der Waals surface area (Å²) in [7, 11) is 0. The molecule has 2 aliphatic heterocycles. The van der Waals surface area contributed by atoms with Crippen molar-refractivity contribution in [1.82, 2.24) is 4.90 Å². The Bertz CT molecular complexity index is 687. The first-order valence-electron chi connectivity index (χ1n) is 9.42. The smallest absolute Gasteiger partial charge is 0.316 e. The van der Waals surface area contributed by atoms with Crippen LogP contribution in [0.25, 0.3) is 0 Å². The molecule has 2 heterocycles. The summed E-state index contributed by atoms with van der Waals surface area (Å²) in [5.74, 6) is -0.680. The molecule has 0 aromatic heterocycles. The number of morpholine rings is 1. The van der Waals surface area contributed by atoms with Crippen molar-refractivity contribution >= 4 is 51.6 Å². The number of thiocarbonyl (C=S) groups is 1. The molecule has 1 aromatic rings. The topological polar surface area (TPSA) is 71.1 Å². The summed E-state index contributed by atoms with van der Waals surface area (Å²) in [6.45, 7) is 4.78. The van der Waals surface area contributed by atoms with Crippen LogP contribution in [0.4, 0.5) is 11.4 Å². The van der Waals surface area contributed by atoms with Gasteiger partial charge in [-0.25, -0.2) is 0 Å². The molecule has 0 saturated carbocycles. The van der Waals surface area contributed by atoms with E-state index in [2.05, 4.69) is 15.1 Å². The second kappa shape index (κ2) is 10.6. The molecule has 0 spiro atoms. The summed E-state index contributed by atoms with van der Waals surface area (Å²) >= 11 is 6.59. The van der Waals surface area contributed by atoms with Crippen LogP contribution in [0.3, 0.4) is 0 Å². The van der Waals surface area contributed by atoms with Crippen molar-refractivity contribution in [3.8, 4) is 0 Å². The van der Waals surface area contributed by atoms with Crippen molar-refractivity contribution in [2.75, 3.05) is 62.0 Å². The van der Waals surface area contributed by atoms with E-state index < -0.39 is 5.97 Å². The van der Waals surface area contributed by atoms with Gasteiger partial charge in [0.2, 0.25) is 0 Å². The van der Waals surface area contributed by atoms with E-state index in [-0.39, 0.29) is 18.3 Å². The minimum absolute atomic E-state index is 0.122. The number of hydrogen-bond donors (Lipinski definition) is 1. The average molecular weight is 424 g/mol. The number of benzene rings is 1. The Kier molecular flexibility index (Phi) is 7.93. The number of thioether (sulfide) groups is 1. The second-order valence-electron chi connectivity index (χ2n) is 6.60. The highest BCUT2D eigenvalue weighted by molar-refractivity contribution is 8.23. The molecule has 2 aliphatic rings. The first-order chi connectivity index (χ1) is 13.6. The van der Waals surface area contributed by atoms with E-state index in [4.69, 9.17) is 21.7 Å². The van der Waals surface area contributed by atoms with Crippen LogP contribution < -0.4 is 10.2 Å². The Labute approximate surface area is 174 Å². The minimum atomic E-state index is -0.440. The monoisotopic (exact) mass is 423 g/mol. The van der Waals surface area contributed by atoms with Crippen LogP contribution in [0.15, 0.2) is 24.3 Å². The summed E-state index contributed by atoms with van der Waals surface area (Å²) in [6, 6.07) is 7.61. The number of anilines is 2. The van der Waals surface area contributed by atoms with Crippen LogP contribution in [-0.4, -0.2) is 72.8 Å². The quantitative estimate of drug-likeness (QED) is 0.551. The molecule has 1 amide bonds. The molecular weight excluding hydrogens is 398 g/mol. The fourth-order valence-electron chi connectivity index (χ4n) is 3.07. The molecule has 152 valence electrons. The summed E-state index contributed by atoms with van der Waals surface area (Å²) in [5, 5.41) is 2.74. The van der Waals surface area contributed by atoms with E-state index in [1.54, 1.807) is 0 Å². The molecular formula is C19H25N3O4S2. The number of carbonyl (C=O) groups excluding carboxylic acids is 2. The normalized spacial score (nSPS) is 16.7. The second-order valence-corrected chi connectivity index (χ2v) is 8.21. The molecule has 0 unspecified atom stereocenters. The van der Waals surface area contributed by atoms with Gasteiger partial charge in [-0.05, 0) is 37.1 Å². The lowest BCUT2D eigenvalue weighted by atomic mass is 10.2. The summed E-state index contributed by atoms with van der Waals surface area (Å²) in [4.78, 5) is 28.2. The molecule has 0 aliphatic carbocycles. The lowest BCUT2D eigenvalue weighted by Gasteiger charge is -2.28. The molecule has 0 bridgehead atoms. The molecule has 1 N–H and O–H groups in total. The molecule has 2 saturated heterocycles. The minimum Gasteiger partial charge on any atom is -0.455 e. The van der Waals surface area contributed by atoms with E-state index in [1.165, 1.54) is 11.8 Å². The molecule has 9 heteroatoms. The molecule has 0 radical (unpaired) electrons. The van der Waals surface area contributed by atoms with Gasteiger partial charge in [0.25, 0.3) is 5.91 Å². The van der Waals surface area contributed by atoms with Crippen molar-refractivity contribution in [3.05, 3.63) is 24.3 Å².